The Labute approximate surface area is 130 Å². The van der Waals surface area contributed by atoms with Gasteiger partial charge in [0.1, 0.15) is 17.4 Å². The quantitative estimate of drug-likeness (QED) is 0.660. The molecule has 3 nitrogen and oxygen atoms in total. The molecular formula is C15H11Cl2FN2O. The summed E-state index contributed by atoms with van der Waals surface area (Å²) < 4.78 is 21.1. The van der Waals surface area contributed by atoms with Crippen molar-refractivity contribution >= 4 is 34.2 Å². The van der Waals surface area contributed by atoms with Gasteiger partial charge in [-0.05, 0) is 30.3 Å². The van der Waals surface area contributed by atoms with Crippen LogP contribution in [0.25, 0.3) is 16.7 Å². The zero-order valence-electron chi connectivity index (χ0n) is 11.1. The average Bonchev–Trinajstić information content (AvgIpc) is 2.85. The van der Waals surface area contributed by atoms with Crippen molar-refractivity contribution in [3.05, 3.63) is 53.1 Å². The van der Waals surface area contributed by atoms with E-state index in [1.807, 2.05) is 0 Å². The van der Waals surface area contributed by atoms with E-state index < -0.39 is 0 Å². The van der Waals surface area contributed by atoms with Crippen LogP contribution in [0.5, 0.6) is 5.75 Å². The van der Waals surface area contributed by atoms with Crippen LogP contribution in [0.15, 0.2) is 36.4 Å². The van der Waals surface area contributed by atoms with Gasteiger partial charge in [0.05, 0.1) is 29.7 Å². The van der Waals surface area contributed by atoms with E-state index in [4.69, 9.17) is 27.9 Å². The molecule has 0 aliphatic carbocycles. The van der Waals surface area contributed by atoms with Gasteiger partial charge in [-0.1, -0.05) is 11.6 Å². The number of fused-ring (bicyclic) bond motifs is 1. The summed E-state index contributed by atoms with van der Waals surface area (Å²) in [5.41, 5.74) is 1.73. The van der Waals surface area contributed by atoms with Crippen LogP contribution in [-0.2, 0) is 5.88 Å². The highest BCUT2D eigenvalue weighted by atomic mass is 35.5. The molecule has 0 aliphatic rings. The number of hydrogen-bond acceptors (Lipinski definition) is 2. The maximum atomic E-state index is 14.2. The number of hydrogen-bond donors (Lipinski definition) is 0. The lowest BCUT2D eigenvalue weighted by atomic mass is 10.2. The van der Waals surface area contributed by atoms with Gasteiger partial charge in [0, 0.05) is 11.1 Å². The van der Waals surface area contributed by atoms with E-state index in [9.17, 15) is 4.39 Å². The predicted octanol–water partition coefficient (Wildman–Crippen LogP) is 4.57. The molecule has 0 bridgehead atoms. The Bertz CT molecular complexity index is 817. The molecule has 6 heteroatoms. The van der Waals surface area contributed by atoms with Crippen molar-refractivity contribution in [2.75, 3.05) is 7.11 Å². The summed E-state index contributed by atoms with van der Waals surface area (Å²) in [5, 5.41) is 0.549. The second kappa shape index (κ2) is 5.54. The van der Waals surface area contributed by atoms with Gasteiger partial charge in [-0.15, -0.1) is 11.6 Å². The summed E-state index contributed by atoms with van der Waals surface area (Å²) in [5.74, 6) is 0.862. The molecule has 0 atom stereocenters. The molecular weight excluding hydrogens is 314 g/mol. The monoisotopic (exact) mass is 324 g/mol. The van der Waals surface area contributed by atoms with Crippen molar-refractivity contribution in [1.29, 1.82) is 0 Å². The van der Waals surface area contributed by atoms with Crippen molar-refractivity contribution in [3.63, 3.8) is 0 Å². The van der Waals surface area contributed by atoms with Gasteiger partial charge in [-0.25, -0.2) is 9.37 Å². The highest BCUT2D eigenvalue weighted by Crippen LogP contribution is 2.28. The predicted molar refractivity (Wildman–Crippen MR) is 82.1 cm³/mol. The van der Waals surface area contributed by atoms with Gasteiger partial charge < -0.3 is 4.74 Å². The minimum atomic E-state index is -0.388. The molecule has 3 aromatic rings. The number of rotatable bonds is 3. The van der Waals surface area contributed by atoms with Gasteiger partial charge in [0.25, 0.3) is 0 Å². The molecule has 108 valence electrons. The molecule has 1 heterocycles. The van der Waals surface area contributed by atoms with Crippen molar-refractivity contribution in [2.45, 2.75) is 5.88 Å². The number of ether oxygens (including phenoxy) is 1. The van der Waals surface area contributed by atoms with Crippen molar-refractivity contribution in [2.24, 2.45) is 0 Å². The van der Waals surface area contributed by atoms with Crippen LogP contribution in [0, 0.1) is 5.82 Å². The van der Waals surface area contributed by atoms with Crippen LogP contribution in [0.1, 0.15) is 5.82 Å². The molecule has 3 rings (SSSR count). The number of alkyl halides is 1. The summed E-state index contributed by atoms with van der Waals surface area (Å²) in [7, 11) is 1.53. The molecule has 0 saturated heterocycles. The Morgan fingerprint density at radius 3 is 2.76 bits per heavy atom. The first-order chi connectivity index (χ1) is 10.1. The third-order valence-electron chi connectivity index (χ3n) is 3.20. The van der Waals surface area contributed by atoms with Gasteiger partial charge in [-0.2, -0.15) is 0 Å². The van der Waals surface area contributed by atoms with Crippen LogP contribution >= 0.6 is 23.2 Å². The lowest BCUT2D eigenvalue weighted by Crippen LogP contribution is -2.02. The fourth-order valence-electron chi connectivity index (χ4n) is 2.25. The van der Waals surface area contributed by atoms with Gasteiger partial charge >= 0.3 is 0 Å². The van der Waals surface area contributed by atoms with Crippen molar-refractivity contribution in [1.82, 2.24) is 9.55 Å². The number of imidazole rings is 1. The summed E-state index contributed by atoms with van der Waals surface area (Å²) in [6.45, 7) is 0. The molecule has 0 unspecified atom stereocenters. The van der Waals surface area contributed by atoms with E-state index in [0.29, 0.717) is 33.3 Å². The van der Waals surface area contributed by atoms with Crippen LogP contribution in [0.2, 0.25) is 5.02 Å². The normalized spacial score (nSPS) is 11.0. The molecule has 0 spiro atoms. The van der Waals surface area contributed by atoms with Crippen LogP contribution in [0.4, 0.5) is 4.39 Å². The minimum Gasteiger partial charge on any atom is -0.497 e. The Morgan fingerprint density at radius 2 is 2.05 bits per heavy atom. The van der Waals surface area contributed by atoms with Crippen molar-refractivity contribution < 1.29 is 9.13 Å². The zero-order valence-corrected chi connectivity index (χ0v) is 12.6. The fraction of sp³-hybridized carbons (Fsp3) is 0.133. The summed E-state index contributed by atoms with van der Waals surface area (Å²) in [4.78, 5) is 4.41. The lowest BCUT2D eigenvalue weighted by molar-refractivity contribution is 0.413. The minimum absolute atomic E-state index is 0.156. The first kappa shape index (κ1) is 14.2. The SMILES string of the molecule is COc1ccc(F)c(-n2c(CCl)nc3ccc(Cl)cc32)c1. The number of aromatic nitrogens is 2. The van der Waals surface area contributed by atoms with Crippen LogP contribution < -0.4 is 4.74 Å². The van der Waals surface area contributed by atoms with Crippen LogP contribution in [-0.4, -0.2) is 16.7 Å². The fourth-order valence-corrected chi connectivity index (χ4v) is 2.59. The molecule has 0 amide bonds. The number of nitrogens with zero attached hydrogens (tertiary/aromatic N) is 2. The molecule has 0 N–H and O–H groups in total. The van der Waals surface area contributed by atoms with E-state index in [2.05, 4.69) is 4.98 Å². The smallest absolute Gasteiger partial charge is 0.147 e. The molecule has 2 aromatic carbocycles. The maximum Gasteiger partial charge on any atom is 0.147 e. The largest absolute Gasteiger partial charge is 0.497 e. The van der Waals surface area contributed by atoms with E-state index in [0.717, 1.165) is 0 Å². The molecule has 21 heavy (non-hydrogen) atoms. The van der Waals surface area contributed by atoms with E-state index in [1.165, 1.54) is 13.2 Å². The third kappa shape index (κ3) is 2.45. The first-order valence-electron chi connectivity index (χ1n) is 6.21. The van der Waals surface area contributed by atoms with E-state index in [-0.39, 0.29) is 11.7 Å². The Hall–Kier alpha value is -1.78. The third-order valence-corrected chi connectivity index (χ3v) is 3.67. The highest BCUT2D eigenvalue weighted by Gasteiger charge is 2.16. The zero-order chi connectivity index (χ0) is 15.0. The average molecular weight is 325 g/mol. The summed E-state index contributed by atoms with van der Waals surface area (Å²) >= 11 is 12.0. The topological polar surface area (TPSA) is 27.1 Å². The highest BCUT2D eigenvalue weighted by molar-refractivity contribution is 6.31. The van der Waals surface area contributed by atoms with E-state index >= 15 is 0 Å². The number of methoxy groups -OCH3 is 1. The van der Waals surface area contributed by atoms with Crippen LogP contribution in [0.3, 0.4) is 0 Å². The number of halogens is 3. The van der Waals surface area contributed by atoms with E-state index in [1.54, 1.807) is 34.9 Å². The Morgan fingerprint density at radius 1 is 1.24 bits per heavy atom. The van der Waals surface area contributed by atoms with Gasteiger partial charge in [0.2, 0.25) is 0 Å². The van der Waals surface area contributed by atoms with Gasteiger partial charge in [-0.3, -0.25) is 4.57 Å². The lowest BCUT2D eigenvalue weighted by Gasteiger charge is -2.11. The maximum absolute atomic E-state index is 14.2. The van der Waals surface area contributed by atoms with Gasteiger partial charge in [0.15, 0.2) is 0 Å². The summed E-state index contributed by atoms with van der Waals surface area (Å²) in [6, 6.07) is 9.77. The molecule has 1 aromatic heterocycles. The molecule has 0 aliphatic heterocycles. The second-order valence-electron chi connectivity index (χ2n) is 4.45. The number of benzene rings is 2. The van der Waals surface area contributed by atoms with Crippen molar-refractivity contribution in [3.8, 4) is 11.4 Å². The molecule has 0 fully saturated rings. The molecule has 0 saturated carbocycles. The standard InChI is InChI=1S/C15H11Cl2FN2O/c1-21-10-3-4-11(18)13(7-10)20-14-6-9(17)2-5-12(14)19-15(20)8-16/h2-7H,8H2,1H3. The first-order valence-corrected chi connectivity index (χ1v) is 7.12. The summed E-state index contributed by atoms with van der Waals surface area (Å²) in [6.07, 6.45) is 0. The Kier molecular flexibility index (Phi) is 3.74. The molecule has 0 radical (unpaired) electrons. The Balaban J connectivity index is 2.35. The second-order valence-corrected chi connectivity index (χ2v) is 5.15.